The van der Waals surface area contributed by atoms with Gasteiger partial charge in [0, 0.05) is 36.8 Å². The van der Waals surface area contributed by atoms with Crippen LogP contribution in [0.1, 0.15) is 0 Å². The van der Waals surface area contributed by atoms with E-state index in [1.165, 1.54) is 0 Å². The van der Waals surface area contributed by atoms with Crippen molar-refractivity contribution in [3.05, 3.63) is 41.1 Å². The molecule has 3 rings (SSSR count). The molecule has 0 amide bonds. The molecule has 6 heteroatoms. The Morgan fingerprint density at radius 1 is 0.850 bits per heavy atom. The first-order valence-corrected chi connectivity index (χ1v) is 7.35. The summed E-state index contributed by atoms with van der Waals surface area (Å²) >= 11 is 3.41. The summed E-state index contributed by atoms with van der Waals surface area (Å²) in [5.41, 5.74) is 6.37. The van der Waals surface area contributed by atoms with E-state index in [9.17, 15) is 0 Å². The maximum absolute atomic E-state index is 5.67. The zero-order chi connectivity index (χ0) is 13.9. The van der Waals surface area contributed by atoms with Crippen LogP contribution in [0.25, 0.3) is 0 Å². The van der Waals surface area contributed by atoms with Gasteiger partial charge >= 0.3 is 0 Å². The maximum atomic E-state index is 5.67. The third-order valence-electron chi connectivity index (χ3n) is 3.41. The molecule has 2 aromatic rings. The van der Waals surface area contributed by atoms with E-state index >= 15 is 0 Å². The number of nitrogens with two attached hydrogens (primary N) is 1. The third kappa shape index (κ3) is 2.85. The second-order valence-corrected chi connectivity index (χ2v) is 5.67. The fraction of sp³-hybridized carbons (Fsp3) is 0.286. The molecular weight excluding hydrogens is 318 g/mol. The number of halogens is 1. The number of piperazine rings is 1. The van der Waals surface area contributed by atoms with Crippen LogP contribution >= 0.6 is 15.9 Å². The van der Waals surface area contributed by atoms with Crippen LogP contribution in [-0.2, 0) is 0 Å². The Hall–Kier alpha value is -1.82. The van der Waals surface area contributed by atoms with E-state index in [0.29, 0.717) is 5.69 Å². The van der Waals surface area contributed by atoms with Gasteiger partial charge in [0.1, 0.15) is 11.6 Å². The maximum Gasteiger partial charge on any atom is 0.128 e. The molecule has 0 atom stereocenters. The topological polar surface area (TPSA) is 58.3 Å². The van der Waals surface area contributed by atoms with Gasteiger partial charge in [0.25, 0.3) is 0 Å². The van der Waals surface area contributed by atoms with Gasteiger partial charge in [0.15, 0.2) is 0 Å². The van der Waals surface area contributed by atoms with Crippen LogP contribution in [0.15, 0.2) is 41.1 Å². The van der Waals surface area contributed by atoms with E-state index in [2.05, 4.69) is 35.7 Å². The minimum atomic E-state index is 0.700. The molecule has 0 bridgehead atoms. The molecule has 5 nitrogen and oxygen atoms in total. The van der Waals surface area contributed by atoms with Crippen molar-refractivity contribution < 1.29 is 0 Å². The monoisotopic (exact) mass is 333 g/mol. The van der Waals surface area contributed by atoms with Gasteiger partial charge in [-0.1, -0.05) is 0 Å². The van der Waals surface area contributed by atoms with Crippen LogP contribution in [-0.4, -0.2) is 36.1 Å². The second-order valence-electron chi connectivity index (χ2n) is 4.76. The van der Waals surface area contributed by atoms with Crippen LogP contribution < -0.4 is 15.5 Å². The molecule has 0 radical (unpaired) electrons. The highest BCUT2D eigenvalue weighted by atomic mass is 79.9. The summed E-state index contributed by atoms with van der Waals surface area (Å²) in [5.74, 6) is 2.01. The number of aromatic nitrogens is 2. The molecule has 0 aromatic carbocycles. The van der Waals surface area contributed by atoms with Gasteiger partial charge in [0.05, 0.1) is 11.9 Å². The number of nitrogen functional groups attached to an aromatic ring is 1. The van der Waals surface area contributed by atoms with Gasteiger partial charge in [-0.15, -0.1) is 0 Å². The predicted molar refractivity (Wildman–Crippen MR) is 85.0 cm³/mol. The molecule has 1 fully saturated rings. The number of nitrogens with zero attached hydrogens (tertiary/aromatic N) is 4. The van der Waals surface area contributed by atoms with Crippen molar-refractivity contribution in [3.8, 4) is 0 Å². The molecule has 0 saturated carbocycles. The zero-order valence-corrected chi connectivity index (χ0v) is 12.6. The molecule has 3 heterocycles. The van der Waals surface area contributed by atoms with Gasteiger partial charge in [-0.05, 0) is 40.2 Å². The number of hydrogen-bond acceptors (Lipinski definition) is 5. The Bertz CT molecular complexity index is 508. The van der Waals surface area contributed by atoms with E-state index in [1.807, 2.05) is 30.5 Å². The van der Waals surface area contributed by atoms with Crippen LogP contribution in [0, 0.1) is 0 Å². The normalized spacial score (nSPS) is 15.4. The first kappa shape index (κ1) is 13.2. The molecule has 0 spiro atoms. The van der Waals surface area contributed by atoms with Gasteiger partial charge < -0.3 is 15.5 Å². The lowest BCUT2D eigenvalue weighted by Gasteiger charge is -2.36. The third-order valence-corrected chi connectivity index (χ3v) is 3.88. The smallest absolute Gasteiger partial charge is 0.128 e. The van der Waals surface area contributed by atoms with Crippen molar-refractivity contribution >= 4 is 33.3 Å². The summed E-state index contributed by atoms with van der Waals surface area (Å²) in [6, 6.07) is 7.94. The number of anilines is 3. The quantitative estimate of drug-likeness (QED) is 0.912. The van der Waals surface area contributed by atoms with Crippen LogP contribution in [0.4, 0.5) is 17.3 Å². The number of pyridine rings is 2. The van der Waals surface area contributed by atoms with Crippen molar-refractivity contribution in [3.63, 3.8) is 0 Å². The summed E-state index contributed by atoms with van der Waals surface area (Å²) in [4.78, 5) is 13.4. The average molecular weight is 334 g/mol. The Morgan fingerprint density at radius 3 is 1.85 bits per heavy atom. The summed E-state index contributed by atoms with van der Waals surface area (Å²) in [6.45, 7) is 3.77. The van der Waals surface area contributed by atoms with Gasteiger partial charge in [-0.2, -0.15) is 0 Å². The number of rotatable bonds is 2. The first-order chi connectivity index (χ1) is 9.72. The Labute approximate surface area is 126 Å². The molecule has 0 unspecified atom stereocenters. The standard InChI is InChI=1S/C14H16BrN5/c15-11-1-3-13(17-9-11)19-5-7-20(8-6-19)14-4-2-12(16)10-18-14/h1-4,9-10H,5-8,16H2. The molecule has 0 aliphatic carbocycles. The molecule has 2 N–H and O–H groups in total. The van der Waals surface area contributed by atoms with Crippen molar-refractivity contribution in [2.45, 2.75) is 0 Å². The largest absolute Gasteiger partial charge is 0.397 e. The van der Waals surface area contributed by atoms with Gasteiger partial charge in [0.2, 0.25) is 0 Å². The van der Waals surface area contributed by atoms with Crippen molar-refractivity contribution in [2.75, 3.05) is 41.7 Å². The minimum absolute atomic E-state index is 0.700. The highest BCUT2D eigenvalue weighted by molar-refractivity contribution is 9.10. The van der Waals surface area contributed by atoms with Crippen LogP contribution in [0.2, 0.25) is 0 Å². The van der Waals surface area contributed by atoms with Gasteiger partial charge in [-0.25, -0.2) is 9.97 Å². The Kier molecular flexibility index (Phi) is 3.73. The van der Waals surface area contributed by atoms with Gasteiger partial charge in [-0.3, -0.25) is 0 Å². The van der Waals surface area contributed by atoms with E-state index in [-0.39, 0.29) is 0 Å². The van der Waals surface area contributed by atoms with Crippen molar-refractivity contribution in [1.29, 1.82) is 0 Å². The predicted octanol–water partition coefficient (Wildman–Crippen LogP) is 2.15. The average Bonchev–Trinajstić information content (AvgIpc) is 2.49. The lowest BCUT2D eigenvalue weighted by Crippen LogP contribution is -2.47. The summed E-state index contributed by atoms with van der Waals surface area (Å²) < 4.78 is 1.01. The molecule has 1 saturated heterocycles. The van der Waals surface area contributed by atoms with E-state index < -0.39 is 0 Å². The molecule has 20 heavy (non-hydrogen) atoms. The SMILES string of the molecule is Nc1ccc(N2CCN(c3ccc(Br)cn3)CC2)nc1. The molecule has 104 valence electrons. The van der Waals surface area contributed by atoms with Crippen LogP contribution in [0.3, 0.4) is 0 Å². The minimum Gasteiger partial charge on any atom is -0.397 e. The lowest BCUT2D eigenvalue weighted by molar-refractivity contribution is 0.642. The molecule has 1 aliphatic heterocycles. The highest BCUT2D eigenvalue weighted by Gasteiger charge is 2.18. The summed E-state index contributed by atoms with van der Waals surface area (Å²) in [6.07, 6.45) is 3.54. The van der Waals surface area contributed by atoms with Crippen LogP contribution in [0.5, 0.6) is 0 Å². The summed E-state index contributed by atoms with van der Waals surface area (Å²) in [7, 11) is 0. The highest BCUT2D eigenvalue weighted by Crippen LogP contribution is 2.19. The molecular formula is C14H16BrN5. The number of hydrogen-bond donors (Lipinski definition) is 1. The summed E-state index contributed by atoms with van der Waals surface area (Å²) in [5, 5.41) is 0. The van der Waals surface area contributed by atoms with E-state index in [1.54, 1.807) is 6.20 Å². The molecule has 2 aromatic heterocycles. The Morgan fingerprint density at radius 2 is 1.40 bits per heavy atom. The second kappa shape index (κ2) is 5.66. The Balaban J connectivity index is 1.64. The van der Waals surface area contributed by atoms with E-state index in [4.69, 9.17) is 5.73 Å². The van der Waals surface area contributed by atoms with Crippen molar-refractivity contribution in [1.82, 2.24) is 9.97 Å². The van der Waals surface area contributed by atoms with E-state index in [0.717, 1.165) is 42.3 Å². The fourth-order valence-electron chi connectivity index (χ4n) is 2.30. The molecule has 1 aliphatic rings. The zero-order valence-electron chi connectivity index (χ0n) is 11.0. The van der Waals surface area contributed by atoms with Crippen molar-refractivity contribution in [2.24, 2.45) is 0 Å². The lowest BCUT2D eigenvalue weighted by atomic mass is 10.3. The fourth-order valence-corrected chi connectivity index (χ4v) is 2.54. The first-order valence-electron chi connectivity index (χ1n) is 6.55.